The number of benzene rings is 1. The lowest BCUT2D eigenvalue weighted by atomic mass is 10.2. The Labute approximate surface area is 133 Å². The van der Waals surface area contributed by atoms with E-state index in [1.807, 2.05) is 19.1 Å². The van der Waals surface area contributed by atoms with E-state index in [2.05, 4.69) is 0 Å². The number of anilines is 2. The number of rotatable bonds is 3. The van der Waals surface area contributed by atoms with Crippen LogP contribution in [-0.2, 0) is 9.53 Å². The van der Waals surface area contributed by atoms with Crippen molar-refractivity contribution in [2.45, 2.75) is 29.6 Å². The molecule has 2 amide bonds. The van der Waals surface area contributed by atoms with Crippen LogP contribution < -0.4 is 9.80 Å². The zero-order chi connectivity index (χ0) is 15.9. The molecular formula is C15H18N2O4S. The van der Waals surface area contributed by atoms with Crippen molar-refractivity contribution in [3.05, 3.63) is 18.2 Å². The molecule has 22 heavy (non-hydrogen) atoms. The van der Waals surface area contributed by atoms with Crippen LogP contribution in [0.4, 0.5) is 16.2 Å². The lowest BCUT2D eigenvalue weighted by molar-refractivity contribution is -0.118. The van der Waals surface area contributed by atoms with Crippen molar-refractivity contribution >= 4 is 35.1 Å². The van der Waals surface area contributed by atoms with Gasteiger partial charge in [0.15, 0.2) is 0 Å². The molecule has 118 valence electrons. The van der Waals surface area contributed by atoms with E-state index in [0.717, 1.165) is 22.7 Å². The van der Waals surface area contributed by atoms with Gasteiger partial charge in [0.05, 0.1) is 24.1 Å². The minimum atomic E-state index is -0.483. The zero-order valence-electron chi connectivity index (χ0n) is 12.5. The largest absolute Gasteiger partial charge is 0.441 e. The summed E-state index contributed by atoms with van der Waals surface area (Å²) in [5, 5.41) is 9.02. The number of nitrogens with zero attached hydrogens (tertiary/aromatic N) is 2. The Balaban J connectivity index is 1.91. The molecule has 6 nitrogen and oxygen atoms in total. The zero-order valence-corrected chi connectivity index (χ0v) is 13.3. The Kier molecular flexibility index (Phi) is 4.01. The van der Waals surface area contributed by atoms with Crippen LogP contribution in [-0.4, -0.2) is 48.7 Å². The first-order valence-electron chi connectivity index (χ1n) is 7.22. The standard InChI is InChI=1S/C15H18N2O4S/c1-3-12-14(19)16(2)11-5-4-9(6-13(11)22-12)17-7-10(8-18)21-15(17)20/h4-6,10,12,18H,3,7-8H2,1-2H3/t10-,12?/m1/s1. The van der Waals surface area contributed by atoms with Gasteiger partial charge in [-0.2, -0.15) is 0 Å². The van der Waals surface area contributed by atoms with Crippen molar-refractivity contribution in [2.75, 3.05) is 30.0 Å². The van der Waals surface area contributed by atoms with E-state index < -0.39 is 12.2 Å². The molecule has 1 aromatic rings. The lowest BCUT2D eigenvalue weighted by Gasteiger charge is -2.31. The number of fused-ring (bicyclic) bond motifs is 1. The van der Waals surface area contributed by atoms with Crippen LogP contribution in [0.15, 0.2) is 23.1 Å². The molecule has 1 aromatic carbocycles. The van der Waals surface area contributed by atoms with Crippen LogP contribution in [0.1, 0.15) is 13.3 Å². The van der Waals surface area contributed by atoms with Crippen LogP contribution in [0.25, 0.3) is 0 Å². The van der Waals surface area contributed by atoms with Crippen molar-refractivity contribution in [2.24, 2.45) is 0 Å². The molecule has 1 N–H and O–H groups in total. The molecule has 0 radical (unpaired) electrons. The second-order valence-electron chi connectivity index (χ2n) is 5.36. The summed E-state index contributed by atoms with van der Waals surface area (Å²) in [5.41, 5.74) is 1.58. The van der Waals surface area contributed by atoms with E-state index in [4.69, 9.17) is 9.84 Å². The third-order valence-electron chi connectivity index (χ3n) is 3.94. The van der Waals surface area contributed by atoms with E-state index in [1.165, 1.54) is 16.7 Å². The number of thioether (sulfide) groups is 1. The number of ether oxygens (including phenoxy) is 1. The molecule has 0 spiro atoms. The fourth-order valence-corrected chi connectivity index (χ4v) is 3.91. The van der Waals surface area contributed by atoms with E-state index >= 15 is 0 Å². The van der Waals surface area contributed by atoms with E-state index in [-0.39, 0.29) is 17.8 Å². The molecule has 1 saturated heterocycles. The van der Waals surface area contributed by atoms with Gasteiger partial charge in [-0.05, 0) is 24.6 Å². The fraction of sp³-hybridized carbons (Fsp3) is 0.467. The van der Waals surface area contributed by atoms with Gasteiger partial charge in [0.25, 0.3) is 0 Å². The van der Waals surface area contributed by atoms with Gasteiger partial charge in [0.1, 0.15) is 6.10 Å². The molecule has 7 heteroatoms. The summed E-state index contributed by atoms with van der Waals surface area (Å²) in [5.74, 6) is 0.105. The first kappa shape index (κ1) is 15.2. The highest BCUT2D eigenvalue weighted by Crippen LogP contribution is 2.42. The summed E-state index contributed by atoms with van der Waals surface area (Å²) in [4.78, 5) is 28.2. The summed E-state index contributed by atoms with van der Waals surface area (Å²) < 4.78 is 5.07. The Morgan fingerprint density at radius 3 is 2.82 bits per heavy atom. The molecule has 0 aromatic heterocycles. The van der Waals surface area contributed by atoms with Gasteiger partial charge in [-0.15, -0.1) is 11.8 Å². The summed E-state index contributed by atoms with van der Waals surface area (Å²) in [6.07, 6.45) is -0.171. The lowest BCUT2D eigenvalue weighted by Crippen LogP contribution is -2.37. The van der Waals surface area contributed by atoms with Crippen molar-refractivity contribution in [3.8, 4) is 0 Å². The van der Waals surface area contributed by atoms with Crippen LogP contribution in [0.5, 0.6) is 0 Å². The molecule has 1 unspecified atom stereocenters. The highest BCUT2D eigenvalue weighted by molar-refractivity contribution is 8.01. The molecule has 0 aliphatic carbocycles. The number of hydrogen-bond donors (Lipinski definition) is 1. The quantitative estimate of drug-likeness (QED) is 0.920. The number of carbonyl (C=O) groups is 2. The topological polar surface area (TPSA) is 70.1 Å². The smallest absolute Gasteiger partial charge is 0.414 e. The summed E-state index contributed by atoms with van der Waals surface area (Å²) >= 11 is 1.53. The van der Waals surface area contributed by atoms with E-state index in [9.17, 15) is 9.59 Å². The summed E-state index contributed by atoms with van der Waals surface area (Å²) in [6.45, 7) is 2.14. The number of aliphatic hydroxyl groups excluding tert-OH is 1. The van der Waals surface area contributed by atoms with Crippen molar-refractivity contribution in [3.63, 3.8) is 0 Å². The minimum Gasteiger partial charge on any atom is -0.441 e. The van der Waals surface area contributed by atoms with Crippen LogP contribution >= 0.6 is 11.8 Å². The Morgan fingerprint density at radius 2 is 2.18 bits per heavy atom. The third kappa shape index (κ3) is 2.44. The van der Waals surface area contributed by atoms with E-state index in [0.29, 0.717) is 6.54 Å². The summed E-state index contributed by atoms with van der Waals surface area (Å²) in [6, 6.07) is 5.56. The number of aliphatic hydroxyl groups is 1. The maximum absolute atomic E-state index is 12.2. The Bertz CT molecular complexity index is 622. The van der Waals surface area contributed by atoms with Gasteiger partial charge in [0, 0.05) is 17.6 Å². The molecule has 3 rings (SSSR count). The van der Waals surface area contributed by atoms with Crippen LogP contribution in [0.2, 0.25) is 0 Å². The van der Waals surface area contributed by atoms with Crippen molar-refractivity contribution < 1.29 is 19.4 Å². The molecule has 2 atom stereocenters. The predicted octanol–water partition coefficient (Wildman–Crippen LogP) is 1.85. The van der Waals surface area contributed by atoms with Gasteiger partial charge >= 0.3 is 6.09 Å². The number of carbonyl (C=O) groups excluding carboxylic acids is 2. The maximum atomic E-state index is 12.2. The second kappa shape index (κ2) is 5.81. The van der Waals surface area contributed by atoms with Gasteiger partial charge in [-0.3, -0.25) is 9.69 Å². The number of hydrogen-bond acceptors (Lipinski definition) is 5. The molecule has 2 heterocycles. The van der Waals surface area contributed by atoms with Gasteiger partial charge < -0.3 is 14.7 Å². The first-order chi connectivity index (χ1) is 10.5. The molecule has 1 fully saturated rings. The molecule has 2 aliphatic rings. The van der Waals surface area contributed by atoms with Crippen molar-refractivity contribution in [1.29, 1.82) is 0 Å². The van der Waals surface area contributed by atoms with Crippen molar-refractivity contribution in [1.82, 2.24) is 0 Å². The fourth-order valence-electron chi connectivity index (χ4n) is 2.67. The Hall–Kier alpha value is -1.73. The van der Waals surface area contributed by atoms with Gasteiger partial charge in [-0.25, -0.2) is 4.79 Å². The average Bonchev–Trinajstić information content (AvgIpc) is 2.91. The average molecular weight is 322 g/mol. The Morgan fingerprint density at radius 1 is 1.41 bits per heavy atom. The van der Waals surface area contributed by atoms with Gasteiger partial charge in [-0.1, -0.05) is 6.92 Å². The molecule has 2 aliphatic heterocycles. The molecular weight excluding hydrogens is 304 g/mol. The number of amides is 2. The van der Waals surface area contributed by atoms with Crippen LogP contribution in [0.3, 0.4) is 0 Å². The second-order valence-corrected chi connectivity index (χ2v) is 6.61. The van der Waals surface area contributed by atoms with E-state index in [1.54, 1.807) is 18.0 Å². The van der Waals surface area contributed by atoms with Crippen LogP contribution in [0, 0.1) is 0 Å². The molecule has 0 bridgehead atoms. The molecule has 0 saturated carbocycles. The monoisotopic (exact) mass is 322 g/mol. The summed E-state index contributed by atoms with van der Waals surface area (Å²) in [7, 11) is 1.77. The SMILES string of the molecule is CCC1Sc2cc(N3C[C@H](CO)OC3=O)ccc2N(C)C1=O. The maximum Gasteiger partial charge on any atom is 0.414 e. The minimum absolute atomic E-state index is 0.0940. The van der Waals surface area contributed by atoms with Gasteiger partial charge in [0.2, 0.25) is 5.91 Å². The highest BCUT2D eigenvalue weighted by atomic mass is 32.2. The normalized spacial score (nSPS) is 24.5. The first-order valence-corrected chi connectivity index (χ1v) is 8.10. The number of cyclic esters (lactones) is 1. The third-order valence-corrected chi connectivity index (χ3v) is 5.34. The predicted molar refractivity (Wildman–Crippen MR) is 84.5 cm³/mol. The highest BCUT2D eigenvalue weighted by Gasteiger charge is 2.34.